The van der Waals surface area contributed by atoms with Gasteiger partial charge in [-0.15, -0.1) is 0 Å². The molecule has 2 fully saturated rings. The minimum absolute atomic E-state index is 0.141. The van der Waals surface area contributed by atoms with Gasteiger partial charge in [-0.05, 0) is 74.6 Å². The number of H-pyrrole nitrogens is 1. The van der Waals surface area contributed by atoms with Crippen LogP contribution in [0.15, 0.2) is 97.5 Å². The number of hydrogen-bond donors (Lipinski definition) is 3. The standard InChI is InChI=1S/C40H37Cl2N7O2/c1-24(25-11-13-28(41)14-12-25)49-23-44-35(26-6-3-2-4-7-26)37(49)34-31-16-15-29(42)22-33(31)46-36(34)40(51)47-32-8-5-19-43-38(32)48-20-17-30(18-21-48)45-39(50)27-9-10-27/h2-8,11-16,19,22-24,27,30,46H,9-10,17-18,20-21H2,1H3,(H,45,50)(H,47,51). The Kier molecular flexibility index (Phi) is 9.00. The first-order valence-electron chi connectivity index (χ1n) is 17.3. The molecule has 4 heterocycles. The van der Waals surface area contributed by atoms with Crippen molar-refractivity contribution >= 4 is 57.4 Å². The Hall–Kier alpha value is -5.12. The topological polar surface area (TPSA) is 108 Å². The van der Waals surface area contributed by atoms with E-state index in [1.165, 1.54) is 0 Å². The van der Waals surface area contributed by atoms with Crippen molar-refractivity contribution in [2.24, 2.45) is 5.92 Å². The van der Waals surface area contributed by atoms with Gasteiger partial charge in [-0.2, -0.15) is 0 Å². The minimum atomic E-state index is -0.316. The number of carbonyl (C=O) groups excluding carboxylic acids is 2. The number of halogens is 2. The Labute approximate surface area is 306 Å². The molecular formula is C40H37Cl2N7O2. The summed E-state index contributed by atoms with van der Waals surface area (Å²) in [5, 5.41) is 8.47. The van der Waals surface area contributed by atoms with Gasteiger partial charge in [-0.25, -0.2) is 9.97 Å². The maximum atomic E-state index is 14.6. The van der Waals surface area contributed by atoms with E-state index in [1.54, 1.807) is 6.20 Å². The summed E-state index contributed by atoms with van der Waals surface area (Å²) < 4.78 is 2.11. The average Bonchev–Trinajstić information content (AvgIpc) is 3.82. The summed E-state index contributed by atoms with van der Waals surface area (Å²) in [4.78, 5) is 42.2. The molecule has 9 nitrogen and oxygen atoms in total. The van der Waals surface area contributed by atoms with E-state index < -0.39 is 0 Å². The molecular weight excluding hydrogens is 681 g/mol. The van der Waals surface area contributed by atoms with Crippen LogP contribution >= 0.6 is 23.2 Å². The number of aromatic amines is 1. The van der Waals surface area contributed by atoms with Crippen LogP contribution in [0.25, 0.3) is 33.4 Å². The van der Waals surface area contributed by atoms with Gasteiger partial charge in [0.25, 0.3) is 5.91 Å². The molecule has 51 heavy (non-hydrogen) atoms. The van der Waals surface area contributed by atoms with Crippen molar-refractivity contribution in [3.05, 3.63) is 119 Å². The van der Waals surface area contributed by atoms with Gasteiger partial charge in [0.15, 0.2) is 5.82 Å². The van der Waals surface area contributed by atoms with E-state index in [0.717, 1.165) is 59.1 Å². The largest absolute Gasteiger partial charge is 0.355 e. The van der Waals surface area contributed by atoms with Gasteiger partial charge in [-0.3, -0.25) is 9.59 Å². The third-order valence-electron chi connectivity index (χ3n) is 9.96. The van der Waals surface area contributed by atoms with Crippen LogP contribution in [0.2, 0.25) is 10.0 Å². The van der Waals surface area contributed by atoms with Crippen molar-refractivity contribution in [1.82, 2.24) is 24.8 Å². The summed E-state index contributed by atoms with van der Waals surface area (Å²) in [7, 11) is 0. The van der Waals surface area contributed by atoms with Crippen LogP contribution in [-0.4, -0.2) is 50.5 Å². The number of nitrogens with zero attached hydrogens (tertiary/aromatic N) is 4. The summed E-state index contributed by atoms with van der Waals surface area (Å²) in [5.41, 5.74) is 5.95. The molecule has 0 spiro atoms. The second kappa shape index (κ2) is 13.9. The van der Waals surface area contributed by atoms with Crippen molar-refractivity contribution < 1.29 is 9.59 Å². The summed E-state index contributed by atoms with van der Waals surface area (Å²) in [6, 6.07) is 27.1. The number of carbonyl (C=O) groups is 2. The normalized spacial score (nSPS) is 15.5. The van der Waals surface area contributed by atoms with E-state index in [9.17, 15) is 9.59 Å². The summed E-state index contributed by atoms with van der Waals surface area (Å²) in [6.45, 7) is 3.54. The Morgan fingerprint density at radius 1 is 0.882 bits per heavy atom. The Balaban J connectivity index is 1.18. The van der Waals surface area contributed by atoms with E-state index in [-0.39, 0.29) is 29.8 Å². The Morgan fingerprint density at radius 3 is 2.37 bits per heavy atom. The zero-order chi connectivity index (χ0) is 35.1. The predicted octanol–water partition coefficient (Wildman–Crippen LogP) is 8.76. The number of aromatic nitrogens is 4. The highest BCUT2D eigenvalue weighted by atomic mass is 35.5. The molecule has 3 aromatic heterocycles. The Morgan fingerprint density at radius 2 is 1.63 bits per heavy atom. The third kappa shape index (κ3) is 6.71. The number of hydrogen-bond acceptors (Lipinski definition) is 5. The highest BCUT2D eigenvalue weighted by Crippen LogP contribution is 2.42. The number of rotatable bonds is 9. The average molecular weight is 719 g/mol. The molecule has 8 rings (SSSR count). The fourth-order valence-electron chi connectivity index (χ4n) is 7.03. The number of pyridine rings is 1. The van der Waals surface area contributed by atoms with Crippen LogP contribution in [0.1, 0.15) is 54.7 Å². The van der Waals surface area contributed by atoms with Gasteiger partial charge in [-0.1, -0.05) is 71.7 Å². The fraction of sp³-hybridized carbons (Fsp3) is 0.250. The number of piperidine rings is 1. The molecule has 1 atom stereocenters. The van der Waals surface area contributed by atoms with Crippen LogP contribution in [-0.2, 0) is 4.79 Å². The van der Waals surface area contributed by atoms with Gasteiger partial charge >= 0.3 is 0 Å². The van der Waals surface area contributed by atoms with Crippen LogP contribution in [0.4, 0.5) is 11.5 Å². The molecule has 1 saturated heterocycles. The lowest BCUT2D eigenvalue weighted by molar-refractivity contribution is -0.123. The van der Waals surface area contributed by atoms with Crippen molar-refractivity contribution in [2.75, 3.05) is 23.3 Å². The molecule has 6 aromatic rings. The maximum Gasteiger partial charge on any atom is 0.272 e. The number of imidazole rings is 1. The summed E-state index contributed by atoms with van der Waals surface area (Å²) >= 11 is 12.7. The van der Waals surface area contributed by atoms with E-state index in [1.807, 2.05) is 91.3 Å². The first-order valence-corrected chi connectivity index (χ1v) is 18.1. The zero-order valence-corrected chi connectivity index (χ0v) is 29.6. The molecule has 0 bridgehead atoms. The first kappa shape index (κ1) is 33.0. The predicted molar refractivity (Wildman–Crippen MR) is 204 cm³/mol. The Bertz CT molecular complexity index is 2220. The SMILES string of the molecule is CC(c1ccc(Cl)cc1)n1cnc(-c2ccccc2)c1-c1c(C(=O)Nc2cccnc2N2CCC(NC(=O)C3CC3)CC2)[nH]c2cc(Cl)ccc12. The van der Waals surface area contributed by atoms with Crippen molar-refractivity contribution in [3.63, 3.8) is 0 Å². The van der Waals surface area contributed by atoms with Crippen LogP contribution in [0.3, 0.4) is 0 Å². The fourth-order valence-corrected chi connectivity index (χ4v) is 7.33. The lowest BCUT2D eigenvalue weighted by atomic mass is 9.99. The minimum Gasteiger partial charge on any atom is -0.355 e. The van der Waals surface area contributed by atoms with Crippen LogP contribution < -0.4 is 15.5 Å². The molecule has 11 heteroatoms. The number of amides is 2. The molecule has 1 unspecified atom stereocenters. The van der Waals surface area contributed by atoms with Gasteiger partial charge in [0, 0.05) is 63.3 Å². The molecule has 2 amide bonds. The van der Waals surface area contributed by atoms with E-state index in [4.69, 9.17) is 33.2 Å². The quantitative estimate of drug-likeness (QED) is 0.139. The number of anilines is 2. The number of fused-ring (bicyclic) bond motifs is 1. The van der Waals surface area contributed by atoms with E-state index in [0.29, 0.717) is 45.9 Å². The molecule has 1 saturated carbocycles. The second-order valence-electron chi connectivity index (χ2n) is 13.4. The molecule has 3 aromatic carbocycles. The first-order chi connectivity index (χ1) is 24.8. The monoisotopic (exact) mass is 717 g/mol. The van der Waals surface area contributed by atoms with Gasteiger partial charge in [0.05, 0.1) is 29.4 Å². The van der Waals surface area contributed by atoms with Crippen molar-refractivity contribution in [1.29, 1.82) is 0 Å². The highest BCUT2D eigenvalue weighted by molar-refractivity contribution is 6.31. The highest BCUT2D eigenvalue weighted by Gasteiger charge is 2.33. The maximum absolute atomic E-state index is 14.6. The van der Waals surface area contributed by atoms with Crippen LogP contribution in [0, 0.1) is 5.92 Å². The number of benzene rings is 3. The van der Waals surface area contributed by atoms with Crippen molar-refractivity contribution in [2.45, 2.75) is 44.7 Å². The molecule has 1 aliphatic heterocycles. The molecule has 258 valence electrons. The smallest absolute Gasteiger partial charge is 0.272 e. The number of nitrogens with one attached hydrogen (secondary N) is 3. The van der Waals surface area contributed by atoms with Crippen molar-refractivity contribution in [3.8, 4) is 22.5 Å². The molecule has 0 radical (unpaired) electrons. The van der Waals surface area contributed by atoms with E-state index in [2.05, 4.69) is 32.0 Å². The molecule has 2 aliphatic rings. The van der Waals surface area contributed by atoms with Crippen LogP contribution in [0.5, 0.6) is 0 Å². The molecule has 3 N–H and O–H groups in total. The van der Waals surface area contributed by atoms with Gasteiger partial charge < -0.3 is 25.1 Å². The molecule has 1 aliphatic carbocycles. The summed E-state index contributed by atoms with van der Waals surface area (Å²) in [6.07, 6.45) is 7.18. The van der Waals surface area contributed by atoms with Gasteiger partial charge in [0.2, 0.25) is 5.91 Å². The van der Waals surface area contributed by atoms with Gasteiger partial charge in [0.1, 0.15) is 5.69 Å². The zero-order valence-electron chi connectivity index (χ0n) is 28.1. The summed E-state index contributed by atoms with van der Waals surface area (Å²) in [5.74, 6) is 0.747. The lowest BCUT2D eigenvalue weighted by Crippen LogP contribution is -2.45. The third-order valence-corrected chi connectivity index (χ3v) is 10.4. The lowest BCUT2D eigenvalue weighted by Gasteiger charge is -2.34. The second-order valence-corrected chi connectivity index (χ2v) is 14.3. The van der Waals surface area contributed by atoms with E-state index >= 15 is 0 Å².